The minimum atomic E-state index is -3.80. The van der Waals surface area contributed by atoms with Crippen molar-refractivity contribution in [2.75, 3.05) is 6.26 Å². The Bertz CT molecular complexity index is 1700. The Morgan fingerprint density at radius 2 is 1.27 bits per heavy atom. The largest absolute Gasteiger partial charge is 0.313 e. The van der Waals surface area contributed by atoms with Gasteiger partial charge in [0.05, 0.1) is 0 Å². The van der Waals surface area contributed by atoms with Crippen molar-refractivity contribution >= 4 is 80.7 Å². The lowest BCUT2D eigenvalue weighted by Gasteiger charge is -2.41. The minimum absolute atomic E-state index is 0.00420. The van der Waals surface area contributed by atoms with E-state index in [-0.39, 0.29) is 34.2 Å². The number of thiol groups is 1. The molecule has 12 heteroatoms. The lowest BCUT2D eigenvalue weighted by Crippen LogP contribution is -2.52. The van der Waals surface area contributed by atoms with Gasteiger partial charge in [-0.05, 0) is 79.2 Å². The Morgan fingerprint density at radius 3 is 1.80 bits per heavy atom. The van der Waals surface area contributed by atoms with Crippen molar-refractivity contribution in [1.82, 2.24) is 0 Å². The van der Waals surface area contributed by atoms with E-state index in [0.717, 1.165) is 24.0 Å². The van der Waals surface area contributed by atoms with Crippen LogP contribution in [0.5, 0.6) is 0 Å². The molecule has 4 atom stereocenters. The summed E-state index contributed by atoms with van der Waals surface area (Å²) < 4.78 is 24.4. The summed E-state index contributed by atoms with van der Waals surface area (Å²) in [5.41, 5.74) is 7.14. The van der Waals surface area contributed by atoms with Crippen molar-refractivity contribution in [3.8, 4) is 0 Å². The van der Waals surface area contributed by atoms with Crippen molar-refractivity contribution < 1.29 is 22.3 Å². The Kier molecular flexibility index (Phi) is 11.1. The second-order valence-corrected chi connectivity index (χ2v) is 15.9. The van der Waals surface area contributed by atoms with Gasteiger partial charge < -0.3 is 0 Å². The number of nitrogens with two attached hydrogens (primary N) is 1. The lowest BCUT2D eigenvalue weighted by molar-refractivity contribution is -0.131. The highest BCUT2D eigenvalue weighted by molar-refractivity contribution is 7.86. The molecule has 4 aliphatic rings. The van der Waals surface area contributed by atoms with Crippen LogP contribution in [0.3, 0.4) is 0 Å². The van der Waals surface area contributed by atoms with Gasteiger partial charge in [0.25, 0.3) is 0 Å². The van der Waals surface area contributed by atoms with Gasteiger partial charge in [-0.1, -0.05) is 113 Å². The maximum absolute atomic E-state index is 11.7. The van der Waals surface area contributed by atoms with Gasteiger partial charge in [0.15, 0.2) is 20.2 Å². The lowest BCUT2D eigenvalue weighted by atomic mass is 9.72. The summed E-state index contributed by atoms with van der Waals surface area (Å²) in [6.45, 7) is 5.33. The highest BCUT2D eigenvalue weighted by Gasteiger charge is 2.63. The van der Waals surface area contributed by atoms with Gasteiger partial charge in [0, 0.05) is 24.2 Å². The van der Waals surface area contributed by atoms with Crippen LogP contribution in [0.4, 0.5) is 0 Å². The maximum Gasteiger partial charge on any atom is 0.313 e. The Morgan fingerprint density at radius 1 is 0.778 bits per heavy atom. The summed E-state index contributed by atoms with van der Waals surface area (Å²) in [5, 5.41) is 0. The molecule has 6 nitrogen and oxygen atoms in total. The molecule has 0 aromatic heterocycles. The van der Waals surface area contributed by atoms with E-state index in [9.17, 15) is 18.0 Å². The number of alkyl halides is 4. The van der Waals surface area contributed by atoms with Crippen LogP contribution in [0.25, 0.3) is 0 Å². The zero-order chi connectivity index (χ0) is 33.5. The van der Waals surface area contributed by atoms with E-state index in [1.54, 1.807) is 32.2 Å². The van der Waals surface area contributed by atoms with E-state index >= 15 is 0 Å². The summed E-state index contributed by atoms with van der Waals surface area (Å²) in [4.78, 5) is 23.4. The highest BCUT2D eigenvalue weighted by Crippen LogP contribution is 2.60. The molecule has 2 N–H and O–H groups in total. The van der Waals surface area contributed by atoms with Gasteiger partial charge in [-0.3, -0.25) is 9.59 Å². The molecule has 2 fully saturated rings. The van der Waals surface area contributed by atoms with E-state index in [1.807, 2.05) is 49.4 Å². The molecule has 0 bridgehead atoms. The molecule has 0 aliphatic heterocycles. The van der Waals surface area contributed by atoms with Crippen LogP contribution >= 0.6 is 59.0 Å². The summed E-state index contributed by atoms with van der Waals surface area (Å²) >= 11 is 27.9. The van der Waals surface area contributed by atoms with Crippen LogP contribution in [0.1, 0.15) is 57.2 Å². The van der Waals surface area contributed by atoms with Crippen LogP contribution in [0, 0.1) is 32.6 Å². The van der Waals surface area contributed by atoms with Gasteiger partial charge in [-0.15, -0.1) is 0 Å². The Labute approximate surface area is 290 Å². The number of benzene rings is 3. The van der Waals surface area contributed by atoms with Gasteiger partial charge in [0.2, 0.25) is 0 Å². The SMILES string of the molecule is CS.Cc1cc(C)c(S(=O)(=O)ON)c(C)c1.O=C1C2Cc3ccccc3C2C1(Cl)Cl.O=C1CC2Cc3ccccc3C2C1(Cl)Cl. The molecule has 0 saturated heterocycles. The number of carbonyl (C=O) groups excluding carboxylic acids is 2. The zero-order valence-corrected chi connectivity index (χ0v) is 29.9. The highest BCUT2D eigenvalue weighted by atomic mass is 35.5. The number of rotatable bonds is 2. The Hall–Kier alpha value is -1.62. The first kappa shape index (κ1) is 36.2. The van der Waals surface area contributed by atoms with E-state index in [4.69, 9.17) is 52.3 Å². The zero-order valence-electron chi connectivity index (χ0n) is 25.2. The number of fused-ring (bicyclic) bond motifs is 6. The topological polar surface area (TPSA) is 104 Å². The van der Waals surface area contributed by atoms with Crippen molar-refractivity contribution in [3.63, 3.8) is 0 Å². The fourth-order valence-electron chi connectivity index (χ4n) is 7.11. The van der Waals surface area contributed by atoms with Gasteiger partial charge in [0.1, 0.15) is 4.90 Å². The van der Waals surface area contributed by atoms with Crippen molar-refractivity contribution in [3.05, 3.63) is 99.6 Å². The minimum Gasteiger partial charge on any atom is -0.296 e. The summed E-state index contributed by atoms with van der Waals surface area (Å²) in [5.74, 6) is 5.06. The van der Waals surface area contributed by atoms with Crippen LogP contribution < -0.4 is 5.90 Å². The first-order valence-corrected chi connectivity index (χ1v) is 18.1. The number of hydrogen-bond acceptors (Lipinski definition) is 7. The van der Waals surface area contributed by atoms with Gasteiger partial charge in [-0.25, -0.2) is 0 Å². The smallest absolute Gasteiger partial charge is 0.296 e. The van der Waals surface area contributed by atoms with Crippen molar-refractivity contribution in [2.24, 2.45) is 17.7 Å². The van der Waals surface area contributed by atoms with E-state index in [1.165, 1.54) is 16.7 Å². The molecule has 3 aromatic carbocycles. The number of Topliss-reactive ketones (excluding diaryl/α,β-unsaturated/α-hetero) is 2. The predicted molar refractivity (Wildman–Crippen MR) is 184 cm³/mol. The fraction of sp³-hybridized carbons (Fsp3) is 0.394. The van der Waals surface area contributed by atoms with E-state index in [2.05, 4.69) is 23.0 Å². The predicted octanol–water partition coefficient (Wildman–Crippen LogP) is 7.53. The van der Waals surface area contributed by atoms with E-state index < -0.39 is 18.8 Å². The fourth-order valence-corrected chi connectivity index (χ4v) is 9.68. The summed E-state index contributed by atoms with van der Waals surface area (Å²) in [7, 11) is -3.80. The molecule has 7 rings (SSSR count). The quantitative estimate of drug-likeness (QED) is 0.161. The molecule has 242 valence electrons. The summed E-state index contributed by atoms with van der Waals surface area (Å²) in [6.07, 6.45) is 3.96. The van der Waals surface area contributed by atoms with Gasteiger partial charge >= 0.3 is 10.1 Å². The first-order valence-electron chi connectivity index (χ1n) is 14.3. The van der Waals surface area contributed by atoms with Crippen LogP contribution in [0.15, 0.2) is 65.6 Å². The second kappa shape index (κ2) is 13.9. The molecule has 45 heavy (non-hydrogen) atoms. The molecular weight excluding hydrogens is 696 g/mol. The molecule has 0 radical (unpaired) electrons. The molecular formula is C33H35Cl4NO5S2. The number of ketones is 2. The van der Waals surface area contributed by atoms with Crippen LogP contribution in [0.2, 0.25) is 0 Å². The van der Waals surface area contributed by atoms with Crippen molar-refractivity contribution in [1.29, 1.82) is 0 Å². The van der Waals surface area contributed by atoms with Crippen LogP contribution in [-0.4, -0.2) is 34.9 Å². The van der Waals surface area contributed by atoms with Crippen LogP contribution in [-0.2, 0) is 36.8 Å². The average molecular weight is 732 g/mol. The number of aryl methyl sites for hydroxylation is 3. The third-order valence-corrected chi connectivity index (χ3v) is 12.0. The monoisotopic (exact) mass is 729 g/mol. The van der Waals surface area contributed by atoms with Crippen molar-refractivity contribution in [2.45, 2.75) is 65.4 Å². The summed E-state index contributed by atoms with van der Waals surface area (Å²) in [6, 6.07) is 19.7. The molecule has 2 saturated carbocycles. The molecule has 4 aliphatic carbocycles. The van der Waals surface area contributed by atoms with Gasteiger partial charge in [-0.2, -0.15) is 31.2 Å². The number of carbonyl (C=O) groups is 2. The number of halogens is 4. The third kappa shape index (κ3) is 6.72. The maximum atomic E-state index is 11.7. The average Bonchev–Trinajstić information content (AvgIpc) is 3.62. The normalized spacial score (nSPS) is 24.2. The number of hydrogen-bond donors (Lipinski definition) is 2. The molecule has 0 amide bonds. The molecule has 0 spiro atoms. The second-order valence-electron chi connectivity index (χ2n) is 11.6. The molecule has 3 aromatic rings. The van der Waals surface area contributed by atoms with E-state index in [0.29, 0.717) is 23.5 Å². The third-order valence-electron chi connectivity index (χ3n) is 8.82. The first-order chi connectivity index (χ1) is 21.1. The molecule has 0 heterocycles. The molecule has 4 unspecified atom stereocenters. The standard InChI is InChI=1S/C12H10Cl2O.C11H8Cl2O.C9H13NO3S.CH4S/c13-12(14)10(15)6-8-5-7-3-1-2-4-9(7)11(8)12;12-11(13)9-7-4-2-1-3-6(7)5-8(9)10(11)14;1-6-4-7(2)9(8(3)5-6)14(11,12)13-10;1-2/h1-4,8,11H,5-6H2;1-4,8-9H,5H2;4-5H,10H2,1-3H3;2H,1H3. The Balaban J connectivity index is 0.000000150.